The lowest BCUT2D eigenvalue weighted by Crippen LogP contribution is -2.16. The Morgan fingerprint density at radius 1 is 0.611 bits per heavy atom. The number of nitrogens with zero attached hydrogens (tertiary/aromatic N) is 1. The molecule has 0 amide bonds. The number of benzene rings is 4. The highest BCUT2D eigenvalue weighted by atomic mass is 16.5. The summed E-state index contributed by atoms with van der Waals surface area (Å²) >= 11 is 0. The van der Waals surface area contributed by atoms with Crippen LogP contribution in [0.4, 0.5) is 11.4 Å². The largest absolute Gasteiger partial charge is 0.423 e. The summed E-state index contributed by atoms with van der Waals surface area (Å²) in [7, 11) is 0. The van der Waals surface area contributed by atoms with Crippen molar-refractivity contribution in [2.75, 3.05) is 4.90 Å². The highest BCUT2D eigenvalue weighted by Crippen LogP contribution is 2.31. The molecule has 178 valence electrons. The fraction of sp³-hybridized carbons (Fsp3) is 0.0323. The third-order valence-corrected chi connectivity index (χ3v) is 5.47. The van der Waals surface area contributed by atoms with Crippen molar-refractivity contribution in [2.24, 2.45) is 0 Å². The lowest BCUT2D eigenvalue weighted by Gasteiger charge is -2.26. The Bertz CT molecular complexity index is 1340. The first-order chi connectivity index (χ1) is 17.6. The molecule has 0 radical (unpaired) electrons. The summed E-state index contributed by atoms with van der Waals surface area (Å²) in [4.78, 5) is 25.1. The van der Waals surface area contributed by atoms with Gasteiger partial charge in [0.1, 0.15) is 11.5 Å². The monoisotopic (exact) mass is 475 g/mol. The molecular weight excluding hydrogens is 450 g/mol. The molecule has 0 aliphatic carbocycles. The Kier molecular flexibility index (Phi) is 7.73. The number of anilines is 2. The summed E-state index contributed by atoms with van der Waals surface area (Å²) in [6.45, 7) is 7.50. The molecule has 5 nitrogen and oxygen atoms in total. The molecule has 36 heavy (non-hydrogen) atoms. The molecule has 0 spiro atoms. The van der Waals surface area contributed by atoms with Gasteiger partial charge >= 0.3 is 11.9 Å². The molecule has 4 aromatic rings. The van der Waals surface area contributed by atoms with Crippen LogP contribution in [0.1, 0.15) is 5.56 Å². The second-order valence-corrected chi connectivity index (χ2v) is 7.89. The topological polar surface area (TPSA) is 55.8 Å². The second kappa shape index (κ2) is 11.5. The maximum atomic E-state index is 11.5. The van der Waals surface area contributed by atoms with Crippen LogP contribution >= 0.6 is 0 Å². The zero-order valence-corrected chi connectivity index (χ0v) is 19.7. The average molecular weight is 476 g/mol. The van der Waals surface area contributed by atoms with E-state index in [1.807, 2.05) is 42.5 Å². The molecule has 0 aliphatic rings. The van der Waals surface area contributed by atoms with Crippen molar-refractivity contribution in [3.8, 4) is 22.6 Å². The molecule has 0 aromatic heterocycles. The Morgan fingerprint density at radius 3 is 1.50 bits per heavy atom. The molecular formula is C31H25NO4. The van der Waals surface area contributed by atoms with E-state index in [1.165, 1.54) is 0 Å². The van der Waals surface area contributed by atoms with Crippen LogP contribution in [0.15, 0.2) is 128 Å². The first-order valence-corrected chi connectivity index (χ1v) is 11.4. The highest BCUT2D eigenvalue weighted by Gasteiger charge is 2.12. The third kappa shape index (κ3) is 6.15. The van der Waals surface area contributed by atoms with Crippen molar-refractivity contribution in [2.45, 2.75) is 6.54 Å². The van der Waals surface area contributed by atoms with E-state index in [2.05, 4.69) is 54.5 Å². The van der Waals surface area contributed by atoms with E-state index in [1.54, 1.807) is 24.3 Å². The summed E-state index contributed by atoms with van der Waals surface area (Å²) in [5.41, 5.74) is 5.16. The molecule has 0 atom stereocenters. The zero-order chi connectivity index (χ0) is 25.3. The van der Waals surface area contributed by atoms with Gasteiger partial charge in [0.25, 0.3) is 0 Å². The second-order valence-electron chi connectivity index (χ2n) is 7.89. The van der Waals surface area contributed by atoms with E-state index in [-0.39, 0.29) is 0 Å². The van der Waals surface area contributed by atoms with Crippen molar-refractivity contribution in [1.29, 1.82) is 0 Å². The van der Waals surface area contributed by atoms with Crippen molar-refractivity contribution >= 4 is 23.3 Å². The number of esters is 2. The Morgan fingerprint density at radius 2 is 1.03 bits per heavy atom. The molecule has 0 N–H and O–H groups in total. The van der Waals surface area contributed by atoms with Gasteiger partial charge in [-0.2, -0.15) is 0 Å². The molecule has 4 aromatic carbocycles. The number of ether oxygens (including phenoxy) is 2. The number of rotatable bonds is 9. The smallest absolute Gasteiger partial charge is 0.335 e. The van der Waals surface area contributed by atoms with Gasteiger partial charge in [-0.05, 0) is 65.2 Å². The molecule has 0 saturated carbocycles. The maximum Gasteiger partial charge on any atom is 0.335 e. The van der Waals surface area contributed by atoms with Gasteiger partial charge in [0.2, 0.25) is 0 Å². The van der Waals surface area contributed by atoms with Gasteiger partial charge in [-0.3, -0.25) is 0 Å². The van der Waals surface area contributed by atoms with E-state index in [0.29, 0.717) is 18.0 Å². The summed E-state index contributed by atoms with van der Waals surface area (Å²) < 4.78 is 10.4. The molecule has 0 fully saturated rings. The number of carbonyl (C=O) groups excluding carboxylic acids is 2. The molecule has 5 heteroatoms. The van der Waals surface area contributed by atoms with Crippen LogP contribution in [0, 0.1) is 0 Å². The molecule has 0 unspecified atom stereocenters. The SMILES string of the molecule is C=CC(=O)Oc1ccc(-c2ccc(N(Cc3ccccc3)c3ccc(OC(=O)C=C)cc3)cc2)cc1. The zero-order valence-electron chi connectivity index (χ0n) is 19.7. The molecule has 0 bridgehead atoms. The fourth-order valence-corrected chi connectivity index (χ4v) is 3.66. The van der Waals surface area contributed by atoms with Crippen molar-refractivity contribution in [3.63, 3.8) is 0 Å². The van der Waals surface area contributed by atoms with Gasteiger partial charge in [-0.25, -0.2) is 9.59 Å². The number of hydrogen-bond acceptors (Lipinski definition) is 5. The number of hydrogen-bond donors (Lipinski definition) is 0. The van der Waals surface area contributed by atoms with Crippen molar-refractivity contribution in [1.82, 2.24) is 0 Å². The average Bonchev–Trinajstić information content (AvgIpc) is 2.93. The van der Waals surface area contributed by atoms with Crippen LogP contribution in [0.3, 0.4) is 0 Å². The minimum atomic E-state index is -0.494. The van der Waals surface area contributed by atoms with Gasteiger partial charge < -0.3 is 14.4 Å². The highest BCUT2D eigenvalue weighted by molar-refractivity contribution is 5.84. The summed E-state index contributed by atoms with van der Waals surface area (Å²) in [6, 6.07) is 33.2. The van der Waals surface area contributed by atoms with Gasteiger partial charge in [0, 0.05) is 30.1 Å². The predicted molar refractivity (Wildman–Crippen MR) is 142 cm³/mol. The molecule has 0 aliphatic heterocycles. The standard InChI is InChI=1S/C31H25NO4/c1-3-30(33)35-28-18-12-25(13-19-28)24-10-14-26(15-11-24)32(22-23-8-6-5-7-9-23)27-16-20-29(21-17-27)36-31(34)4-2/h3-21H,1-2,22H2. The lowest BCUT2D eigenvalue weighted by molar-refractivity contribution is -0.129. The Balaban J connectivity index is 1.59. The predicted octanol–water partition coefficient (Wildman–Crippen LogP) is 6.87. The summed E-state index contributed by atoms with van der Waals surface area (Å²) in [5, 5.41) is 0. The van der Waals surface area contributed by atoms with Crippen molar-refractivity contribution in [3.05, 3.63) is 134 Å². The first-order valence-electron chi connectivity index (χ1n) is 11.4. The fourth-order valence-electron chi connectivity index (χ4n) is 3.66. The maximum absolute atomic E-state index is 11.5. The van der Waals surface area contributed by atoms with Gasteiger partial charge in [-0.1, -0.05) is 67.8 Å². The lowest BCUT2D eigenvalue weighted by atomic mass is 10.0. The van der Waals surface area contributed by atoms with Crippen LogP contribution < -0.4 is 14.4 Å². The minimum absolute atomic E-state index is 0.459. The van der Waals surface area contributed by atoms with E-state index in [0.717, 1.165) is 40.2 Å². The van der Waals surface area contributed by atoms with Gasteiger partial charge in [0.05, 0.1) is 0 Å². The van der Waals surface area contributed by atoms with Crippen LogP contribution in [0.25, 0.3) is 11.1 Å². The first kappa shape index (κ1) is 24.2. The van der Waals surface area contributed by atoms with Gasteiger partial charge in [0.15, 0.2) is 0 Å². The molecule has 0 saturated heterocycles. The van der Waals surface area contributed by atoms with Gasteiger partial charge in [-0.15, -0.1) is 0 Å². The van der Waals surface area contributed by atoms with E-state index >= 15 is 0 Å². The normalized spacial score (nSPS) is 10.2. The number of carbonyl (C=O) groups is 2. The van der Waals surface area contributed by atoms with E-state index in [9.17, 15) is 9.59 Å². The van der Waals surface area contributed by atoms with E-state index in [4.69, 9.17) is 9.47 Å². The minimum Gasteiger partial charge on any atom is -0.423 e. The van der Waals surface area contributed by atoms with Crippen LogP contribution in [-0.4, -0.2) is 11.9 Å². The Labute approximate surface area is 210 Å². The quantitative estimate of drug-likeness (QED) is 0.150. The molecule has 0 heterocycles. The summed E-state index contributed by atoms with van der Waals surface area (Å²) in [5.74, 6) is -0.0544. The molecule has 4 rings (SSSR count). The van der Waals surface area contributed by atoms with Crippen molar-refractivity contribution < 1.29 is 19.1 Å². The summed E-state index contributed by atoms with van der Waals surface area (Å²) in [6.07, 6.45) is 2.27. The van der Waals surface area contributed by atoms with Crippen LogP contribution in [0.5, 0.6) is 11.5 Å². The third-order valence-electron chi connectivity index (χ3n) is 5.47. The Hall–Kier alpha value is -4.90. The van der Waals surface area contributed by atoms with E-state index < -0.39 is 11.9 Å². The van der Waals surface area contributed by atoms with Crippen LogP contribution in [-0.2, 0) is 16.1 Å². The van der Waals surface area contributed by atoms with Crippen LogP contribution in [0.2, 0.25) is 0 Å².